The van der Waals surface area contributed by atoms with E-state index in [1.54, 1.807) is 0 Å². The van der Waals surface area contributed by atoms with Crippen molar-refractivity contribution in [3.8, 4) is 0 Å². The number of nitrogens with zero attached hydrogens (tertiary/aromatic N) is 3. The van der Waals surface area contributed by atoms with Crippen LogP contribution in [0.3, 0.4) is 0 Å². The summed E-state index contributed by atoms with van der Waals surface area (Å²) in [5.41, 5.74) is 0.582. The minimum Gasteiger partial charge on any atom is -0.368 e. The Balaban J connectivity index is 0.000000847. The van der Waals surface area contributed by atoms with Crippen LogP contribution in [0.1, 0.15) is 27.7 Å². The van der Waals surface area contributed by atoms with Gasteiger partial charge in [0.05, 0.1) is 16.7 Å². The van der Waals surface area contributed by atoms with Crippen LogP contribution in [0.25, 0.3) is 0 Å². The van der Waals surface area contributed by atoms with E-state index in [2.05, 4.69) is 18.7 Å². The van der Waals surface area contributed by atoms with Crippen LogP contribution < -0.4 is 4.90 Å². The van der Waals surface area contributed by atoms with Crippen molar-refractivity contribution >= 4 is 11.4 Å². The second-order valence-corrected chi connectivity index (χ2v) is 6.25. The lowest BCUT2D eigenvalue weighted by molar-refractivity contribution is -0.385. The Bertz CT molecular complexity index is 548. The van der Waals surface area contributed by atoms with E-state index in [1.807, 2.05) is 18.7 Å². The van der Waals surface area contributed by atoms with Crippen LogP contribution in [0, 0.1) is 21.3 Å². The Kier molecular flexibility index (Phi) is 4.70. The summed E-state index contributed by atoms with van der Waals surface area (Å²) >= 11 is 0. The Morgan fingerprint density at radius 2 is 1.82 bits per heavy atom. The van der Waals surface area contributed by atoms with E-state index in [1.165, 1.54) is 12.1 Å². The lowest BCUT2D eigenvalue weighted by Crippen LogP contribution is -2.73. The van der Waals surface area contributed by atoms with Crippen LogP contribution >= 0.6 is 0 Å². The molecule has 122 valence electrons. The molecule has 0 atom stereocenters. The topological polar surface area (TPSA) is 49.6 Å². The van der Waals surface area contributed by atoms with Crippen LogP contribution in [0.4, 0.5) is 15.8 Å². The van der Waals surface area contributed by atoms with Crippen LogP contribution in [0.5, 0.6) is 0 Å². The van der Waals surface area contributed by atoms with Gasteiger partial charge in [-0.1, -0.05) is 13.8 Å². The van der Waals surface area contributed by atoms with Gasteiger partial charge in [0.1, 0.15) is 0 Å². The van der Waals surface area contributed by atoms with Gasteiger partial charge in [-0.05, 0) is 19.9 Å². The molecule has 6 heteroatoms. The van der Waals surface area contributed by atoms with Gasteiger partial charge in [0.15, 0.2) is 5.82 Å². The van der Waals surface area contributed by atoms with Gasteiger partial charge in [-0.2, -0.15) is 0 Å². The number of non-ortho nitro benzene ring substituents is 1. The monoisotopic (exact) mass is 309 g/mol. The molecule has 1 aromatic carbocycles. The average Bonchev–Trinajstić information content (AvgIpc) is 2.38. The average molecular weight is 309 g/mol. The molecular formula is C16H24FN3O2. The van der Waals surface area contributed by atoms with E-state index in [0.29, 0.717) is 17.1 Å². The molecule has 2 heterocycles. The van der Waals surface area contributed by atoms with Crippen LogP contribution in [0.15, 0.2) is 18.2 Å². The number of rotatable bonds is 3. The molecule has 0 aromatic heterocycles. The summed E-state index contributed by atoms with van der Waals surface area (Å²) in [6, 6.07) is 4.44. The van der Waals surface area contributed by atoms with Gasteiger partial charge >= 0.3 is 0 Å². The SMILES string of the molecule is CC.CC(C)N1CC2(CN(c3ccc([N+](=O)[O-])cc3F)C2)C1. The zero-order chi connectivity index (χ0) is 16.5. The van der Waals surface area contributed by atoms with E-state index in [9.17, 15) is 14.5 Å². The summed E-state index contributed by atoms with van der Waals surface area (Å²) in [6.45, 7) is 12.2. The normalized spacial score (nSPS) is 19.3. The van der Waals surface area contributed by atoms with E-state index < -0.39 is 10.7 Å². The highest BCUT2D eigenvalue weighted by Gasteiger charge is 2.52. The fourth-order valence-electron chi connectivity index (χ4n) is 3.18. The molecule has 0 bridgehead atoms. The molecule has 2 saturated heterocycles. The maximum absolute atomic E-state index is 13.9. The van der Waals surface area contributed by atoms with E-state index in [-0.39, 0.29) is 5.69 Å². The number of anilines is 1. The van der Waals surface area contributed by atoms with Crippen molar-refractivity contribution in [2.45, 2.75) is 33.7 Å². The molecule has 2 aliphatic rings. The maximum Gasteiger partial charge on any atom is 0.272 e. The van der Waals surface area contributed by atoms with E-state index >= 15 is 0 Å². The van der Waals surface area contributed by atoms with E-state index in [0.717, 1.165) is 32.2 Å². The second-order valence-electron chi connectivity index (χ2n) is 6.25. The molecule has 3 rings (SSSR count). The summed E-state index contributed by atoms with van der Waals surface area (Å²) < 4.78 is 13.9. The molecule has 0 N–H and O–H groups in total. The lowest BCUT2D eigenvalue weighted by atomic mass is 9.72. The molecule has 0 amide bonds. The molecule has 22 heavy (non-hydrogen) atoms. The van der Waals surface area contributed by atoms with Crippen LogP contribution in [0.2, 0.25) is 0 Å². The van der Waals surface area contributed by atoms with Crippen molar-refractivity contribution < 1.29 is 9.31 Å². The smallest absolute Gasteiger partial charge is 0.272 e. The van der Waals surface area contributed by atoms with Crippen molar-refractivity contribution in [3.05, 3.63) is 34.1 Å². The number of halogens is 1. The Labute approximate surface area is 130 Å². The first-order valence-electron chi connectivity index (χ1n) is 7.83. The van der Waals surface area contributed by atoms with Gasteiger partial charge in [-0.25, -0.2) is 4.39 Å². The molecule has 0 aliphatic carbocycles. The number of nitro benzene ring substituents is 1. The Morgan fingerprint density at radius 1 is 1.23 bits per heavy atom. The second kappa shape index (κ2) is 6.20. The molecule has 0 unspecified atom stereocenters. The highest BCUT2D eigenvalue weighted by molar-refractivity contribution is 5.55. The number of benzene rings is 1. The van der Waals surface area contributed by atoms with E-state index in [4.69, 9.17) is 0 Å². The molecule has 1 spiro atoms. The van der Waals surface area contributed by atoms with Crippen molar-refractivity contribution in [3.63, 3.8) is 0 Å². The number of likely N-dealkylation sites (tertiary alicyclic amines) is 1. The summed E-state index contributed by atoms with van der Waals surface area (Å²) in [5.74, 6) is -0.505. The fraction of sp³-hybridized carbons (Fsp3) is 0.625. The number of nitro groups is 1. The zero-order valence-corrected chi connectivity index (χ0v) is 13.7. The quantitative estimate of drug-likeness (QED) is 0.635. The van der Waals surface area contributed by atoms with Gasteiger partial charge in [-0.3, -0.25) is 15.0 Å². The summed E-state index contributed by atoms with van der Waals surface area (Å²) in [7, 11) is 0. The zero-order valence-electron chi connectivity index (χ0n) is 13.7. The summed E-state index contributed by atoms with van der Waals surface area (Å²) in [4.78, 5) is 14.4. The Morgan fingerprint density at radius 3 is 2.27 bits per heavy atom. The summed E-state index contributed by atoms with van der Waals surface area (Å²) in [6.07, 6.45) is 0. The third-order valence-electron chi connectivity index (χ3n) is 4.34. The third kappa shape index (κ3) is 2.92. The van der Waals surface area contributed by atoms with Crippen molar-refractivity contribution in [2.24, 2.45) is 5.41 Å². The molecule has 2 fully saturated rings. The molecule has 0 radical (unpaired) electrons. The highest BCUT2D eigenvalue weighted by Crippen LogP contribution is 2.43. The predicted octanol–water partition coefficient (Wildman–Crippen LogP) is 3.29. The highest BCUT2D eigenvalue weighted by atomic mass is 19.1. The van der Waals surface area contributed by atoms with Crippen LogP contribution in [-0.2, 0) is 0 Å². The largest absolute Gasteiger partial charge is 0.368 e. The lowest BCUT2D eigenvalue weighted by Gasteiger charge is -2.62. The van der Waals surface area contributed by atoms with Crippen molar-refractivity contribution in [1.82, 2.24) is 4.90 Å². The molecule has 0 saturated carbocycles. The number of hydrogen-bond donors (Lipinski definition) is 0. The molecule has 1 aromatic rings. The predicted molar refractivity (Wildman–Crippen MR) is 85.8 cm³/mol. The number of hydrogen-bond acceptors (Lipinski definition) is 4. The van der Waals surface area contributed by atoms with Gasteiger partial charge in [0.2, 0.25) is 0 Å². The first-order chi connectivity index (χ1) is 10.4. The third-order valence-corrected chi connectivity index (χ3v) is 4.34. The van der Waals surface area contributed by atoms with Crippen molar-refractivity contribution in [1.29, 1.82) is 0 Å². The first-order valence-corrected chi connectivity index (χ1v) is 7.83. The Hall–Kier alpha value is -1.69. The van der Waals surface area contributed by atoms with Crippen molar-refractivity contribution in [2.75, 3.05) is 31.1 Å². The van der Waals surface area contributed by atoms with Gasteiger partial charge in [0.25, 0.3) is 5.69 Å². The van der Waals surface area contributed by atoms with Gasteiger partial charge in [0, 0.05) is 43.7 Å². The molecule has 5 nitrogen and oxygen atoms in total. The van der Waals surface area contributed by atoms with Crippen LogP contribution in [-0.4, -0.2) is 42.0 Å². The fourth-order valence-corrected chi connectivity index (χ4v) is 3.18. The minimum atomic E-state index is -0.573. The maximum atomic E-state index is 13.9. The first kappa shape index (κ1) is 16.7. The van der Waals surface area contributed by atoms with Gasteiger partial charge in [-0.15, -0.1) is 0 Å². The van der Waals surface area contributed by atoms with Gasteiger partial charge < -0.3 is 4.90 Å². The standard InChI is InChI=1S/C14H18FN3O2.C2H6/c1-10(2)16-6-14(7-16)8-17(9-14)13-4-3-11(18(19)20)5-12(13)15;1-2/h3-5,10H,6-9H2,1-2H3;1-2H3. The minimum absolute atomic E-state index is 0.198. The summed E-state index contributed by atoms with van der Waals surface area (Å²) in [5, 5.41) is 10.6. The molecular weight excluding hydrogens is 285 g/mol. The molecule has 2 aliphatic heterocycles.